The second kappa shape index (κ2) is 5.92. The minimum Gasteiger partial charge on any atom is -0.346 e. The van der Waals surface area contributed by atoms with Gasteiger partial charge in [0.15, 0.2) is 0 Å². The number of pyridine rings is 1. The Kier molecular flexibility index (Phi) is 4.05. The van der Waals surface area contributed by atoms with Crippen molar-refractivity contribution in [3.8, 4) is 0 Å². The first kappa shape index (κ1) is 13.7. The van der Waals surface area contributed by atoms with Crippen LogP contribution < -0.4 is 5.32 Å². The van der Waals surface area contributed by atoms with Gasteiger partial charge in [-0.1, -0.05) is 18.2 Å². The quantitative estimate of drug-likeness (QED) is 0.682. The maximum Gasteiger partial charge on any atom is 0.285 e. The van der Waals surface area contributed by atoms with Crippen LogP contribution in [0.15, 0.2) is 42.6 Å². The van der Waals surface area contributed by atoms with Crippen molar-refractivity contribution in [3.63, 3.8) is 0 Å². The zero-order valence-corrected chi connectivity index (χ0v) is 10.9. The molecule has 102 valence electrons. The van der Waals surface area contributed by atoms with E-state index in [1.807, 2.05) is 6.07 Å². The van der Waals surface area contributed by atoms with Gasteiger partial charge in [-0.3, -0.25) is 19.9 Å². The van der Waals surface area contributed by atoms with E-state index in [9.17, 15) is 14.9 Å². The van der Waals surface area contributed by atoms with Crippen molar-refractivity contribution in [1.82, 2.24) is 10.3 Å². The molecule has 1 aromatic heterocycles. The Balaban J connectivity index is 2.18. The van der Waals surface area contributed by atoms with Crippen molar-refractivity contribution in [2.45, 2.75) is 13.5 Å². The number of aryl methyl sites for hydroxylation is 1. The topological polar surface area (TPSA) is 85.1 Å². The summed E-state index contributed by atoms with van der Waals surface area (Å²) in [5, 5.41) is 13.7. The van der Waals surface area contributed by atoms with Gasteiger partial charge in [0.1, 0.15) is 5.56 Å². The smallest absolute Gasteiger partial charge is 0.285 e. The third-order valence-electron chi connectivity index (χ3n) is 2.82. The van der Waals surface area contributed by atoms with E-state index in [2.05, 4.69) is 10.3 Å². The van der Waals surface area contributed by atoms with Crippen molar-refractivity contribution in [2.75, 3.05) is 0 Å². The van der Waals surface area contributed by atoms with E-state index in [-0.39, 0.29) is 17.8 Å². The van der Waals surface area contributed by atoms with E-state index < -0.39 is 10.8 Å². The Labute approximate surface area is 115 Å². The number of hydrogen-bond donors (Lipinski definition) is 1. The Hall–Kier alpha value is -2.76. The molecule has 2 rings (SSSR count). The van der Waals surface area contributed by atoms with Gasteiger partial charge in [-0.05, 0) is 25.1 Å². The summed E-state index contributed by atoms with van der Waals surface area (Å²) in [5.41, 5.74) is 1.05. The standard InChI is InChI=1S/C14H13N3O3/c1-10-5-4-7-12(13(10)17(19)20)14(18)16-9-11-6-2-3-8-15-11/h2-8H,9H2,1H3,(H,16,18). The van der Waals surface area contributed by atoms with E-state index in [4.69, 9.17) is 0 Å². The van der Waals surface area contributed by atoms with Crippen LogP contribution in [0.25, 0.3) is 0 Å². The van der Waals surface area contributed by atoms with E-state index in [1.165, 1.54) is 6.07 Å². The molecule has 1 heterocycles. The molecule has 20 heavy (non-hydrogen) atoms. The largest absolute Gasteiger partial charge is 0.346 e. The number of carbonyl (C=O) groups is 1. The van der Waals surface area contributed by atoms with Gasteiger partial charge in [0.05, 0.1) is 17.2 Å². The maximum absolute atomic E-state index is 12.1. The first-order valence-corrected chi connectivity index (χ1v) is 6.01. The maximum atomic E-state index is 12.1. The highest BCUT2D eigenvalue weighted by atomic mass is 16.6. The number of nitro benzene ring substituents is 1. The number of para-hydroxylation sites is 1. The number of aromatic nitrogens is 1. The van der Waals surface area contributed by atoms with Crippen LogP contribution in [0, 0.1) is 17.0 Å². The fraction of sp³-hybridized carbons (Fsp3) is 0.143. The average Bonchev–Trinajstić information content (AvgIpc) is 2.45. The number of nitrogens with one attached hydrogen (secondary N) is 1. The molecule has 0 aliphatic carbocycles. The summed E-state index contributed by atoms with van der Waals surface area (Å²) in [6.07, 6.45) is 1.62. The lowest BCUT2D eigenvalue weighted by Crippen LogP contribution is -2.24. The van der Waals surface area contributed by atoms with Crippen LogP contribution in [0.4, 0.5) is 5.69 Å². The normalized spacial score (nSPS) is 10.1. The predicted molar refractivity (Wildman–Crippen MR) is 73.2 cm³/mol. The van der Waals surface area contributed by atoms with Crippen molar-refractivity contribution >= 4 is 11.6 Å². The highest BCUT2D eigenvalue weighted by molar-refractivity contribution is 5.98. The summed E-state index contributed by atoms with van der Waals surface area (Å²) in [5.74, 6) is -0.481. The minimum atomic E-state index is -0.537. The van der Waals surface area contributed by atoms with E-state index >= 15 is 0 Å². The van der Waals surface area contributed by atoms with Crippen molar-refractivity contribution in [1.29, 1.82) is 0 Å². The summed E-state index contributed by atoms with van der Waals surface area (Å²) in [6, 6.07) is 10.0. The van der Waals surface area contributed by atoms with Crippen LogP contribution in [0.2, 0.25) is 0 Å². The summed E-state index contributed by atoms with van der Waals surface area (Å²) in [4.78, 5) is 26.6. The van der Waals surface area contributed by atoms with Crippen molar-refractivity contribution < 1.29 is 9.72 Å². The second-order valence-corrected chi connectivity index (χ2v) is 4.23. The van der Waals surface area contributed by atoms with E-state index in [0.29, 0.717) is 11.3 Å². The third kappa shape index (κ3) is 2.97. The van der Waals surface area contributed by atoms with Gasteiger partial charge in [-0.2, -0.15) is 0 Å². The second-order valence-electron chi connectivity index (χ2n) is 4.23. The summed E-state index contributed by atoms with van der Waals surface area (Å²) in [6.45, 7) is 1.83. The molecule has 0 spiro atoms. The number of rotatable bonds is 4. The molecule has 6 nitrogen and oxygen atoms in total. The summed E-state index contributed by atoms with van der Waals surface area (Å²) in [7, 11) is 0. The molecule has 1 amide bonds. The molecule has 2 aromatic rings. The molecule has 1 N–H and O–H groups in total. The average molecular weight is 271 g/mol. The fourth-order valence-electron chi connectivity index (χ4n) is 1.85. The Morgan fingerprint density at radius 1 is 1.30 bits per heavy atom. The van der Waals surface area contributed by atoms with Gasteiger partial charge >= 0.3 is 0 Å². The van der Waals surface area contributed by atoms with Crippen LogP contribution >= 0.6 is 0 Å². The molecule has 0 atom stereocenters. The third-order valence-corrected chi connectivity index (χ3v) is 2.82. The van der Waals surface area contributed by atoms with E-state index in [1.54, 1.807) is 37.4 Å². The van der Waals surface area contributed by atoms with Crippen molar-refractivity contribution in [2.24, 2.45) is 0 Å². The molecule has 0 fully saturated rings. The number of carbonyl (C=O) groups excluding carboxylic acids is 1. The number of nitro groups is 1. The molecular formula is C14H13N3O3. The lowest BCUT2D eigenvalue weighted by Gasteiger charge is -2.06. The molecule has 6 heteroatoms. The van der Waals surface area contributed by atoms with Crippen LogP contribution in [-0.4, -0.2) is 15.8 Å². The Morgan fingerprint density at radius 2 is 2.10 bits per heavy atom. The van der Waals surface area contributed by atoms with Crippen LogP contribution in [0.1, 0.15) is 21.6 Å². The minimum absolute atomic E-state index is 0.0610. The van der Waals surface area contributed by atoms with Gasteiger partial charge in [-0.25, -0.2) is 0 Å². The molecule has 0 aliphatic rings. The predicted octanol–water partition coefficient (Wildman–Crippen LogP) is 2.23. The molecule has 0 aliphatic heterocycles. The van der Waals surface area contributed by atoms with Gasteiger partial charge in [0, 0.05) is 11.8 Å². The summed E-state index contributed by atoms with van der Waals surface area (Å²) >= 11 is 0. The van der Waals surface area contributed by atoms with Gasteiger partial charge in [0.2, 0.25) is 0 Å². The van der Waals surface area contributed by atoms with Crippen LogP contribution in [0.3, 0.4) is 0 Å². The molecule has 0 radical (unpaired) electrons. The van der Waals surface area contributed by atoms with Gasteiger partial charge < -0.3 is 5.32 Å². The SMILES string of the molecule is Cc1cccc(C(=O)NCc2ccccn2)c1[N+](=O)[O-]. The van der Waals surface area contributed by atoms with Gasteiger partial charge in [-0.15, -0.1) is 0 Å². The van der Waals surface area contributed by atoms with Crippen molar-refractivity contribution in [3.05, 3.63) is 69.5 Å². The Morgan fingerprint density at radius 3 is 2.75 bits per heavy atom. The number of amides is 1. The number of nitrogens with zero attached hydrogens (tertiary/aromatic N) is 2. The highest BCUT2D eigenvalue weighted by Crippen LogP contribution is 2.22. The monoisotopic (exact) mass is 271 g/mol. The lowest BCUT2D eigenvalue weighted by molar-refractivity contribution is -0.385. The highest BCUT2D eigenvalue weighted by Gasteiger charge is 2.21. The molecule has 0 unspecified atom stereocenters. The molecular weight excluding hydrogens is 258 g/mol. The first-order valence-electron chi connectivity index (χ1n) is 6.01. The number of benzene rings is 1. The molecule has 0 saturated carbocycles. The fourth-order valence-corrected chi connectivity index (χ4v) is 1.85. The summed E-state index contributed by atoms with van der Waals surface area (Å²) < 4.78 is 0. The Bertz CT molecular complexity index is 641. The van der Waals surface area contributed by atoms with E-state index in [0.717, 1.165) is 0 Å². The zero-order valence-electron chi connectivity index (χ0n) is 10.9. The van der Waals surface area contributed by atoms with Gasteiger partial charge in [0.25, 0.3) is 11.6 Å². The molecule has 0 saturated heterocycles. The number of hydrogen-bond acceptors (Lipinski definition) is 4. The first-order chi connectivity index (χ1) is 9.59. The van der Waals surface area contributed by atoms with Crippen LogP contribution in [-0.2, 0) is 6.54 Å². The molecule has 1 aromatic carbocycles. The molecule has 0 bridgehead atoms. The zero-order chi connectivity index (χ0) is 14.5. The lowest BCUT2D eigenvalue weighted by atomic mass is 10.1. The van der Waals surface area contributed by atoms with Crippen LogP contribution in [0.5, 0.6) is 0 Å².